The highest BCUT2D eigenvalue weighted by molar-refractivity contribution is 5.44. The Bertz CT molecular complexity index is 481. The minimum absolute atomic E-state index is 0.188. The van der Waals surface area contributed by atoms with Crippen LogP contribution in [0.2, 0.25) is 0 Å². The van der Waals surface area contributed by atoms with Crippen molar-refractivity contribution in [3.63, 3.8) is 0 Å². The van der Waals surface area contributed by atoms with Crippen LogP contribution in [0.1, 0.15) is 18.4 Å². The van der Waals surface area contributed by atoms with E-state index in [0.717, 1.165) is 44.0 Å². The van der Waals surface area contributed by atoms with Gasteiger partial charge in [-0.1, -0.05) is 6.07 Å². The van der Waals surface area contributed by atoms with Crippen LogP contribution in [0.15, 0.2) is 18.2 Å². The summed E-state index contributed by atoms with van der Waals surface area (Å²) in [5.41, 5.74) is 1.22. The Hall–Kier alpha value is -1.73. The van der Waals surface area contributed by atoms with Gasteiger partial charge in [0.05, 0.1) is 12.0 Å². The summed E-state index contributed by atoms with van der Waals surface area (Å²) in [6.07, 6.45) is 2.15. The van der Waals surface area contributed by atoms with E-state index < -0.39 is 0 Å². The van der Waals surface area contributed by atoms with Crippen molar-refractivity contribution in [3.8, 4) is 17.6 Å². The van der Waals surface area contributed by atoms with Crippen LogP contribution in [0.3, 0.4) is 0 Å². The summed E-state index contributed by atoms with van der Waals surface area (Å²) in [4.78, 5) is 2.34. The van der Waals surface area contributed by atoms with E-state index >= 15 is 0 Å². The summed E-state index contributed by atoms with van der Waals surface area (Å²) in [7, 11) is 0. The van der Waals surface area contributed by atoms with Gasteiger partial charge in [0.15, 0.2) is 11.5 Å². The SMILES string of the molecule is N#CC1CCCN(Cc2ccc3c(c2)OCO3)C1. The molecule has 0 radical (unpaired) electrons. The van der Waals surface area contributed by atoms with Crippen LogP contribution in [0.4, 0.5) is 0 Å². The van der Waals surface area contributed by atoms with Crippen LogP contribution < -0.4 is 9.47 Å². The van der Waals surface area contributed by atoms with Crippen LogP contribution in [0.25, 0.3) is 0 Å². The van der Waals surface area contributed by atoms with E-state index in [2.05, 4.69) is 17.0 Å². The maximum absolute atomic E-state index is 8.99. The molecule has 1 unspecified atom stereocenters. The third-order valence-electron chi connectivity index (χ3n) is 3.53. The van der Waals surface area contributed by atoms with E-state index in [-0.39, 0.29) is 5.92 Å². The van der Waals surface area contributed by atoms with Gasteiger partial charge in [0.1, 0.15) is 0 Å². The monoisotopic (exact) mass is 244 g/mol. The van der Waals surface area contributed by atoms with Crippen molar-refractivity contribution >= 4 is 0 Å². The van der Waals surface area contributed by atoms with Crippen molar-refractivity contribution in [2.24, 2.45) is 5.92 Å². The zero-order valence-electron chi connectivity index (χ0n) is 10.3. The molecule has 0 spiro atoms. The molecule has 0 aromatic heterocycles. The normalized spacial score (nSPS) is 22.7. The molecule has 18 heavy (non-hydrogen) atoms. The highest BCUT2D eigenvalue weighted by Crippen LogP contribution is 2.33. The minimum Gasteiger partial charge on any atom is -0.454 e. The Kier molecular flexibility index (Phi) is 3.07. The summed E-state index contributed by atoms with van der Waals surface area (Å²) >= 11 is 0. The van der Waals surface area contributed by atoms with Gasteiger partial charge in [0, 0.05) is 13.1 Å². The van der Waals surface area contributed by atoms with Gasteiger partial charge in [0.25, 0.3) is 0 Å². The summed E-state index contributed by atoms with van der Waals surface area (Å²) in [6, 6.07) is 8.45. The number of benzene rings is 1. The molecule has 1 fully saturated rings. The fourth-order valence-electron chi connectivity index (χ4n) is 2.60. The van der Waals surface area contributed by atoms with Gasteiger partial charge in [-0.2, -0.15) is 5.26 Å². The molecular formula is C14H16N2O2. The second-order valence-corrected chi connectivity index (χ2v) is 4.89. The first-order chi connectivity index (χ1) is 8.85. The molecule has 2 aliphatic heterocycles. The fourth-order valence-corrected chi connectivity index (χ4v) is 2.60. The molecule has 4 nitrogen and oxygen atoms in total. The fraction of sp³-hybridized carbons (Fsp3) is 0.500. The van der Waals surface area contributed by atoms with Crippen molar-refractivity contribution in [1.29, 1.82) is 5.26 Å². The lowest BCUT2D eigenvalue weighted by Gasteiger charge is -2.29. The first kappa shape index (κ1) is 11.4. The number of hydrogen-bond donors (Lipinski definition) is 0. The number of hydrogen-bond acceptors (Lipinski definition) is 4. The van der Waals surface area contributed by atoms with Gasteiger partial charge in [-0.05, 0) is 37.1 Å². The van der Waals surface area contributed by atoms with E-state index in [0.29, 0.717) is 6.79 Å². The van der Waals surface area contributed by atoms with E-state index in [1.807, 2.05) is 12.1 Å². The maximum atomic E-state index is 8.99. The molecule has 1 atom stereocenters. The zero-order valence-corrected chi connectivity index (χ0v) is 10.3. The lowest BCUT2D eigenvalue weighted by atomic mass is 9.99. The van der Waals surface area contributed by atoms with Gasteiger partial charge < -0.3 is 9.47 Å². The van der Waals surface area contributed by atoms with Crippen molar-refractivity contribution in [2.75, 3.05) is 19.9 Å². The van der Waals surface area contributed by atoms with Crippen LogP contribution in [-0.2, 0) is 6.54 Å². The van der Waals surface area contributed by atoms with Gasteiger partial charge in [-0.15, -0.1) is 0 Å². The Labute approximate surface area is 107 Å². The van der Waals surface area contributed by atoms with E-state index in [4.69, 9.17) is 14.7 Å². The smallest absolute Gasteiger partial charge is 0.231 e. The minimum atomic E-state index is 0.188. The van der Waals surface area contributed by atoms with Crippen molar-refractivity contribution in [1.82, 2.24) is 4.90 Å². The van der Waals surface area contributed by atoms with E-state index in [1.54, 1.807) is 0 Å². The lowest BCUT2D eigenvalue weighted by molar-refractivity contribution is 0.173. The summed E-state index contributed by atoms with van der Waals surface area (Å²) in [5.74, 6) is 1.85. The highest BCUT2D eigenvalue weighted by atomic mass is 16.7. The Morgan fingerprint density at radius 3 is 3.11 bits per heavy atom. The van der Waals surface area contributed by atoms with Crippen molar-refractivity contribution in [2.45, 2.75) is 19.4 Å². The lowest BCUT2D eigenvalue weighted by Crippen LogP contribution is -2.34. The van der Waals surface area contributed by atoms with Gasteiger partial charge in [0.2, 0.25) is 6.79 Å². The molecule has 0 saturated carbocycles. The van der Waals surface area contributed by atoms with Crippen LogP contribution in [0, 0.1) is 17.2 Å². The van der Waals surface area contributed by atoms with Crippen LogP contribution >= 0.6 is 0 Å². The molecule has 2 aliphatic rings. The molecule has 0 N–H and O–H groups in total. The first-order valence-corrected chi connectivity index (χ1v) is 6.35. The number of ether oxygens (including phenoxy) is 2. The molecule has 2 heterocycles. The second-order valence-electron chi connectivity index (χ2n) is 4.89. The number of likely N-dealkylation sites (tertiary alicyclic amines) is 1. The first-order valence-electron chi connectivity index (χ1n) is 6.35. The second kappa shape index (κ2) is 4.87. The molecule has 1 aromatic carbocycles. The topological polar surface area (TPSA) is 45.5 Å². The largest absolute Gasteiger partial charge is 0.454 e. The number of piperidine rings is 1. The quantitative estimate of drug-likeness (QED) is 0.799. The van der Waals surface area contributed by atoms with Crippen molar-refractivity contribution in [3.05, 3.63) is 23.8 Å². The standard InChI is InChI=1S/C14H16N2O2/c15-7-12-2-1-5-16(9-12)8-11-3-4-13-14(6-11)18-10-17-13/h3-4,6,12H,1-2,5,8-10H2. The molecule has 1 saturated heterocycles. The zero-order chi connectivity index (χ0) is 12.4. The van der Waals surface area contributed by atoms with Crippen molar-refractivity contribution < 1.29 is 9.47 Å². The number of nitrogens with zero attached hydrogens (tertiary/aromatic N) is 2. The van der Waals surface area contributed by atoms with E-state index in [9.17, 15) is 0 Å². The number of rotatable bonds is 2. The maximum Gasteiger partial charge on any atom is 0.231 e. The molecule has 4 heteroatoms. The average Bonchev–Trinajstić information content (AvgIpc) is 2.86. The molecule has 3 rings (SSSR count). The van der Waals surface area contributed by atoms with Crippen LogP contribution in [-0.4, -0.2) is 24.8 Å². The molecule has 1 aromatic rings. The van der Waals surface area contributed by atoms with E-state index in [1.165, 1.54) is 5.56 Å². The average molecular weight is 244 g/mol. The molecule has 0 bridgehead atoms. The third-order valence-corrected chi connectivity index (χ3v) is 3.53. The molecular weight excluding hydrogens is 228 g/mol. The molecule has 94 valence electrons. The number of fused-ring (bicyclic) bond motifs is 1. The number of nitriles is 1. The molecule has 0 aliphatic carbocycles. The summed E-state index contributed by atoms with van der Waals surface area (Å²) in [6.45, 7) is 3.16. The Morgan fingerprint density at radius 2 is 2.22 bits per heavy atom. The predicted octanol–water partition coefficient (Wildman–Crippen LogP) is 2.15. The Balaban J connectivity index is 1.67. The van der Waals surface area contributed by atoms with Gasteiger partial charge >= 0.3 is 0 Å². The summed E-state index contributed by atoms with van der Waals surface area (Å²) < 4.78 is 10.7. The Morgan fingerprint density at radius 1 is 1.33 bits per heavy atom. The van der Waals surface area contributed by atoms with Gasteiger partial charge in [-0.25, -0.2) is 0 Å². The third kappa shape index (κ3) is 2.27. The van der Waals surface area contributed by atoms with Gasteiger partial charge in [-0.3, -0.25) is 4.90 Å². The van der Waals surface area contributed by atoms with Crippen LogP contribution in [0.5, 0.6) is 11.5 Å². The summed E-state index contributed by atoms with van der Waals surface area (Å²) in [5, 5.41) is 8.99. The predicted molar refractivity (Wildman–Crippen MR) is 66.2 cm³/mol. The highest BCUT2D eigenvalue weighted by Gasteiger charge is 2.20. The molecule has 0 amide bonds.